The van der Waals surface area contributed by atoms with E-state index in [0.717, 1.165) is 54.9 Å². The monoisotopic (exact) mass is 358 g/mol. The van der Waals surface area contributed by atoms with Crippen molar-refractivity contribution in [3.8, 4) is 11.3 Å². The van der Waals surface area contributed by atoms with Crippen LogP contribution in [0.2, 0.25) is 5.02 Å². The van der Waals surface area contributed by atoms with E-state index in [1.807, 2.05) is 29.2 Å². The van der Waals surface area contributed by atoms with E-state index in [1.165, 1.54) is 6.42 Å². The molecule has 4 rings (SSSR count). The highest BCUT2D eigenvalue weighted by atomic mass is 35.5. The summed E-state index contributed by atoms with van der Waals surface area (Å²) >= 11 is 6.00. The van der Waals surface area contributed by atoms with E-state index in [-0.39, 0.29) is 11.9 Å². The van der Waals surface area contributed by atoms with Crippen LogP contribution in [-0.2, 0) is 17.8 Å². The molecule has 0 unspecified atom stereocenters. The highest BCUT2D eigenvalue weighted by Gasteiger charge is 2.32. The molecule has 0 radical (unpaired) electrons. The molecule has 3 heterocycles. The van der Waals surface area contributed by atoms with E-state index in [2.05, 4.69) is 22.1 Å². The zero-order chi connectivity index (χ0) is 17.4. The Morgan fingerprint density at radius 3 is 2.80 bits per heavy atom. The summed E-state index contributed by atoms with van der Waals surface area (Å²) in [6, 6.07) is 7.74. The number of nitrogens with zero attached hydrogens (tertiary/aromatic N) is 3. The molecule has 1 atom stereocenters. The Morgan fingerprint density at radius 2 is 2.04 bits per heavy atom. The summed E-state index contributed by atoms with van der Waals surface area (Å²) in [5.41, 5.74) is 4.25. The lowest BCUT2D eigenvalue weighted by Gasteiger charge is -2.36. The first kappa shape index (κ1) is 16.6. The molecule has 0 bridgehead atoms. The van der Waals surface area contributed by atoms with Crippen LogP contribution in [0, 0.1) is 0 Å². The van der Waals surface area contributed by atoms with Gasteiger partial charge in [0.15, 0.2) is 0 Å². The van der Waals surface area contributed by atoms with Gasteiger partial charge in [0, 0.05) is 41.4 Å². The lowest BCUT2D eigenvalue weighted by molar-refractivity contribution is -0.138. The molecule has 5 nitrogen and oxygen atoms in total. The number of likely N-dealkylation sites (tertiary alicyclic amines) is 1. The van der Waals surface area contributed by atoms with Gasteiger partial charge in [0.05, 0.1) is 11.7 Å². The fraction of sp³-hybridized carbons (Fsp3) is 0.474. The van der Waals surface area contributed by atoms with E-state index in [4.69, 9.17) is 11.6 Å². The smallest absolute Gasteiger partial charge is 0.240 e. The van der Waals surface area contributed by atoms with Gasteiger partial charge in [-0.15, -0.1) is 0 Å². The van der Waals surface area contributed by atoms with Crippen LogP contribution >= 0.6 is 11.6 Å². The van der Waals surface area contributed by atoms with E-state index >= 15 is 0 Å². The van der Waals surface area contributed by atoms with Crippen LogP contribution in [0.4, 0.5) is 0 Å². The number of hydrogen-bond donors (Lipinski definition) is 1. The minimum Gasteiger partial charge on any atom is -0.336 e. The Labute approximate surface area is 153 Å². The maximum absolute atomic E-state index is 13.0. The van der Waals surface area contributed by atoms with Crippen LogP contribution in [0.5, 0.6) is 0 Å². The van der Waals surface area contributed by atoms with Crippen molar-refractivity contribution >= 4 is 17.5 Å². The van der Waals surface area contributed by atoms with E-state index in [1.54, 1.807) is 0 Å². The van der Waals surface area contributed by atoms with Crippen molar-refractivity contribution in [1.29, 1.82) is 0 Å². The molecule has 1 saturated heterocycles. The number of piperidine rings is 1. The molecule has 1 fully saturated rings. The molecule has 132 valence electrons. The highest BCUT2D eigenvalue weighted by Crippen LogP contribution is 2.30. The summed E-state index contributed by atoms with van der Waals surface area (Å²) in [5.74, 6) is 0.260. The van der Waals surface area contributed by atoms with Gasteiger partial charge in [-0.05, 0) is 38.6 Å². The first-order valence-electron chi connectivity index (χ1n) is 8.94. The second kappa shape index (κ2) is 6.81. The number of H-pyrrole nitrogens is 1. The third-order valence-electron chi connectivity index (χ3n) is 5.42. The number of benzene rings is 1. The van der Waals surface area contributed by atoms with Gasteiger partial charge in [0.25, 0.3) is 0 Å². The lowest BCUT2D eigenvalue weighted by atomic mass is 9.98. The molecule has 2 aliphatic heterocycles. The number of fused-ring (bicyclic) bond motifs is 1. The van der Waals surface area contributed by atoms with Gasteiger partial charge in [0.1, 0.15) is 0 Å². The van der Waals surface area contributed by atoms with Crippen molar-refractivity contribution in [3.05, 3.63) is 40.5 Å². The lowest BCUT2D eigenvalue weighted by Crippen LogP contribution is -2.50. The maximum Gasteiger partial charge on any atom is 0.240 e. The fourth-order valence-corrected chi connectivity index (χ4v) is 4.05. The second-order valence-corrected chi connectivity index (χ2v) is 7.47. The number of nitrogens with one attached hydrogen (secondary N) is 1. The van der Waals surface area contributed by atoms with Gasteiger partial charge in [-0.1, -0.05) is 30.2 Å². The van der Waals surface area contributed by atoms with Crippen LogP contribution in [0.25, 0.3) is 11.3 Å². The molecular formula is C19H23ClN4O. The average molecular weight is 359 g/mol. The number of aromatic amines is 1. The maximum atomic E-state index is 13.0. The second-order valence-electron chi connectivity index (χ2n) is 7.04. The highest BCUT2D eigenvalue weighted by molar-refractivity contribution is 6.30. The zero-order valence-corrected chi connectivity index (χ0v) is 15.2. The Hall–Kier alpha value is -1.85. The molecule has 1 aromatic heterocycles. The summed E-state index contributed by atoms with van der Waals surface area (Å²) in [6.45, 7) is 2.41. The molecule has 0 aliphatic carbocycles. The number of carbonyl (C=O) groups excluding carboxylic acids is 1. The van der Waals surface area contributed by atoms with Crippen molar-refractivity contribution < 1.29 is 4.79 Å². The predicted octanol–water partition coefficient (Wildman–Crippen LogP) is 3.10. The first-order chi connectivity index (χ1) is 12.1. The van der Waals surface area contributed by atoms with Crippen LogP contribution in [-0.4, -0.2) is 52.1 Å². The molecular weight excluding hydrogens is 336 g/mol. The van der Waals surface area contributed by atoms with Gasteiger partial charge in [0.2, 0.25) is 5.91 Å². The topological polar surface area (TPSA) is 52.2 Å². The van der Waals surface area contributed by atoms with Crippen molar-refractivity contribution in [2.75, 3.05) is 20.1 Å². The SMILES string of the molecule is CN1CCCC[C@H]1C(=O)N1CCc2[nH]nc(-c3ccc(Cl)cc3)c2C1. The molecule has 0 saturated carbocycles. The number of carbonyl (C=O) groups is 1. The number of amides is 1. The Kier molecular flexibility index (Phi) is 4.52. The zero-order valence-electron chi connectivity index (χ0n) is 14.5. The Bertz CT molecular complexity index is 770. The van der Waals surface area contributed by atoms with Gasteiger partial charge in [-0.25, -0.2) is 0 Å². The Morgan fingerprint density at radius 1 is 1.24 bits per heavy atom. The van der Waals surface area contributed by atoms with Crippen molar-refractivity contribution in [1.82, 2.24) is 20.0 Å². The summed E-state index contributed by atoms with van der Waals surface area (Å²) < 4.78 is 0. The van der Waals surface area contributed by atoms with Gasteiger partial charge in [-0.2, -0.15) is 5.10 Å². The standard InChI is InChI=1S/C19H23ClN4O/c1-23-10-3-2-4-17(23)19(25)24-11-9-16-15(12-24)18(22-21-16)13-5-7-14(20)8-6-13/h5-8,17H,2-4,9-12H2,1H3,(H,21,22)/t17-/m0/s1. The molecule has 2 aromatic rings. The summed E-state index contributed by atoms with van der Waals surface area (Å²) in [7, 11) is 2.06. The van der Waals surface area contributed by atoms with Crippen molar-refractivity contribution in [2.45, 2.75) is 38.3 Å². The molecule has 1 amide bonds. The largest absolute Gasteiger partial charge is 0.336 e. The van der Waals surface area contributed by atoms with Gasteiger partial charge in [-0.3, -0.25) is 14.8 Å². The fourth-order valence-electron chi connectivity index (χ4n) is 3.93. The van der Waals surface area contributed by atoms with Crippen LogP contribution in [0.3, 0.4) is 0 Å². The number of hydrogen-bond acceptors (Lipinski definition) is 3. The minimum absolute atomic E-state index is 0.0289. The molecule has 1 aromatic carbocycles. The van der Waals surface area contributed by atoms with Gasteiger partial charge < -0.3 is 4.90 Å². The third kappa shape index (κ3) is 3.18. The number of aromatic nitrogens is 2. The third-order valence-corrected chi connectivity index (χ3v) is 5.67. The molecule has 25 heavy (non-hydrogen) atoms. The summed E-state index contributed by atoms with van der Waals surface area (Å²) in [4.78, 5) is 17.2. The van der Waals surface area contributed by atoms with Crippen LogP contribution < -0.4 is 0 Å². The molecule has 1 N–H and O–H groups in total. The first-order valence-corrected chi connectivity index (χ1v) is 9.32. The minimum atomic E-state index is 0.0289. The van der Waals surface area contributed by atoms with Crippen molar-refractivity contribution in [2.24, 2.45) is 0 Å². The van der Waals surface area contributed by atoms with Crippen LogP contribution in [0.15, 0.2) is 24.3 Å². The predicted molar refractivity (Wildman–Crippen MR) is 98.4 cm³/mol. The number of rotatable bonds is 2. The quantitative estimate of drug-likeness (QED) is 0.897. The number of likely N-dealkylation sites (N-methyl/N-ethyl adjacent to an activating group) is 1. The normalized spacial score (nSPS) is 21.2. The summed E-state index contributed by atoms with van der Waals surface area (Å²) in [6.07, 6.45) is 4.13. The molecule has 2 aliphatic rings. The van der Waals surface area contributed by atoms with E-state index in [9.17, 15) is 4.79 Å². The summed E-state index contributed by atoms with van der Waals surface area (Å²) in [5, 5.41) is 8.37. The molecule has 0 spiro atoms. The van der Waals surface area contributed by atoms with Gasteiger partial charge >= 0.3 is 0 Å². The van der Waals surface area contributed by atoms with Crippen molar-refractivity contribution in [3.63, 3.8) is 0 Å². The van der Waals surface area contributed by atoms with Crippen LogP contribution in [0.1, 0.15) is 30.5 Å². The van der Waals surface area contributed by atoms with E-state index in [0.29, 0.717) is 11.6 Å². The molecule has 6 heteroatoms. The van der Waals surface area contributed by atoms with E-state index < -0.39 is 0 Å². The number of halogens is 1. The Balaban J connectivity index is 1.57. The average Bonchev–Trinajstić information content (AvgIpc) is 3.05.